The van der Waals surface area contributed by atoms with Crippen LogP contribution in [0, 0.1) is 6.92 Å². The molecule has 0 heterocycles. The Balaban J connectivity index is 2.27. The van der Waals surface area contributed by atoms with Crippen LogP contribution >= 0.6 is 0 Å². The summed E-state index contributed by atoms with van der Waals surface area (Å²) >= 11 is 0. The molecule has 0 spiro atoms. The zero-order chi connectivity index (χ0) is 18.0. The Hall–Kier alpha value is -3.00. The molecule has 2 nitrogen and oxygen atoms in total. The lowest BCUT2D eigenvalue weighted by Crippen LogP contribution is -2.08. The van der Waals surface area contributed by atoms with E-state index in [1.807, 2.05) is 43.3 Å². The van der Waals surface area contributed by atoms with E-state index in [0.717, 1.165) is 27.8 Å². The van der Waals surface area contributed by atoms with Gasteiger partial charge in [-0.15, -0.1) is 0 Å². The van der Waals surface area contributed by atoms with Gasteiger partial charge in [-0.05, 0) is 48.6 Å². The molecule has 3 aromatic carbocycles. The second-order valence-electron chi connectivity index (χ2n) is 6.18. The lowest BCUT2D eigenvalue weighted by Gasteiger charge is -2.16. The number of carbonyl (C=O) groups excluding carboxylic acids is 2. The third-order valence-electron chi connectivity index (χ3n) is 4.50. The summed E-state index contributed by atoms with van der Waals surface area (Å²) in [5, 5.41) is 0. The summed E-state index contributed by atoms with van der Waals surface area (Å²) in [6.07, 6.45) is 0. The van der Waals surface area contributed by atoms with E-state index >= 15 is 0 Å². The van der Waals surface area contributed by atoms with Gasteiger partial charge in [0.1, 0.15) is 0 Å². The summed E-state index contributed by atoms with van der Waals surface area (Å²) in [7, 11) is 0. The molecule has 0 saturated carbocycles. The maximum atomic E-state index is 12.2. The number of ketones is 2. The first-order chi connectivity index (χ1) is 12.0. The van der Waals surface area contributed by atoms with Gasteiger partial charge in [0.25, 0.3) is 0 Å². The minimum atomic E-state index is -0.0869. The van der Waals surface area contributed by atoms with Crippen molar-refractivity contribution in [2.24, 2.45) is 0 Å². The molecular formula is C23H20O2. The fourth-order valence-corrected chi connectivity index (χ4v) is 3.34. The SMILES string of the molecule is CC(=O)c1ccc(-c2ccccc2-c2ccccc2)c(C)c1C(C)=O. The third kappa shape index (κ3) is 3.16. The van der Waals surface area contributed by atoms with Crippen molar-refractivity contribution in [3.05, 3.63) is 83.4 Å². The molecule has 0 aliphatic heterocycles. The first-order valence-corrected chi connectivity index (χ1v) is 8.31. The Kier molecular flexibility index (Phi) is 4.62. The van der Waals surface area contributed by atoms with Crippen molar-refractivity contribution in [1.82, 2.24) is 0 Å². The van der Waals surface area contributed by atoms with E-state index in [1.54, 1.807) is 6.07 Å². The minimum Gasteiger partial charge on any atom is -0.294 e. The van der Waals surface area contributed by atoms with E-state index in [0.29, 0.717) is 11.1 Å². The molecule has 0 N–H and O–H groups in total. The summed E-state index contributed by atoms with van der Waals surface area (Å²) in [5.74, 6) is -0.169. The summed E-state index contributed by atoms with van der Waals surface area (Å²) in [6.45, 7) is 4.93. The largest absolute Gasteiger partial charge is 0.294 e. The zero-order valence-corrected chi connectivity index (χ0v) is 14.7. The molecule has 0 bridgehead atoms. The Morgan fingerprint density at radius 2 is 1.24 bits per heavy atom. The Morgan fingerprint density at radius 1 is 0.640 bits per heavy atom. The van der Waals surface area contributed by atoms with Gasteiger partial charge < -0.3 is 0 Å². The molecule has 25 heavy (non-hydrogen) atoms. The van der Waals surface area contributed by atoms with E-state index in [4.69, 9.17) is 0 Å². The van der Waals surface area contributed by atoms with Crippen molar-refractivity contribution in [2.75, 3.05) is 0 Å². The second kappa shape index (κ2) is 6.86. The summed E-state index contributed by atoms with van der Waals surface area (Å²) in [5.41, 5.74) is 6.13. The predicted molar refractivity (Wildman–Crippen MR) is 102 cm³/mol. The molecular weight excluding hydrogens is 308 g/mol. The minimum absolute atomic E-state index is 0.0817. The van der Waals surface area contributed by atoms with Crippen LogP contribution in [0.15, 0.2) is 66.7 Å². The zero-order valence-electron chi connectivity index (χ0n) is 14.7. The lowest BCUT2D eigenvalue weighted by molar-refractivity contribution is 0.0980. The van der Waals surface area contributed by atoms with E-state index in [2.05, 4.69) is 24.3 Å². The van der Waals surface area contributed by atoms with Gasteiger partial charge in [0, 0.05) is 11.1 Å². The average Bonchev–Trinajstić information content (AvgIpc) is 2.61. The van der Waals surface area contributed by atoms with Gasteiger partial charge in [0.15, 0.2) is 11.6 Å². The van der Waals surface area contributed by atoms with Gasteiger partial charge in [0.05, 0.1) is 0 Å². The van der Waals surface area contributed by atoms with Crippen molar-refractivity contribution in [3.8, 4) is 22.3 Å². The number of carbonyl (C=O) groups is 2. The standard InChI is InChI=1S/C23H20O2/c1-15-19(13-14-20(16(2)24)23(15)17(3)25)22-12-8-7-11-21(22)18-9-5-4-6-10-18/h4-14H,1-3H3. The smallest absolute Gasteiger partial charge is 0.160 e. The van der Waals surface area contributed by atoms with Crippen LogP contribution in [0.25, 0.3) is 22.3 Å². The summed E-state index contributed by atoms with van der Waals surface area (Å²) < 4.78 is 0. The second-order valence-corrected chi connectivity index (χ2v) is 6.18. The molecule has 0 fully saturated rings. The van der Waals surface area contributed by atoms with Crippen molar-refractivity contribution in [3.63, 3.8) is 0 Å². The van der Waals surface area contributed by atoms with E-state index < -0.39 is 0 Å². The molecule has 0 atom stereocenters. The highest BCUT2D eigenvalue weighted by Crippen LogP contribution is 2.35. The fraction of sp³-hybridized carbons (Fsp3) is 0.130. The summed E-state index contributed by atoms with van der Waals surface area (Å²) in [6, 6.07) is 22.0. The third-order valence-corrected chi connectivity index (χ3v) is 4.50. The van der Waals surface area contributed by atoms with E-state index in [9.17, 15) is 9.59 Å². The van der Waals surface area contributed by atoms with Crippen LogP contribution in [0.4, 0.5) is 0 Å². The molecule has 0 unspecified atom stereocenters. The van der Waals surface area contributed by atoms with Crippen LogP contribution in [0.3, 0.4) is 0 Å². The van der Waals surface area contributed by atoms with Gasteiger partial charge in [-0.1, -0.05) is 66.7 Å². The van der Waals surface area contributed by atoms with Crippen LogP contribution in [0.2, 0.25) is 0 Å². The molecule has 0 aromatic heterocycles. The van der Waals surface area contributed by atoms with Crippen molar-refractivity contribution in [2.45, 2.75) is 20.8 Å². The maximum absolute atomic E-state index is 12.2. The Bertz CT molecular complexity index is 953. The number of hydrogen-bond acceptors (Lipinski definition) is 2. The molecule has 2 heteroatoms. The van der Waals surface area contributed by atoms with E-state index in [-0.39, 0.29) is 11.6 Å². The molecule has 0 aliphatic rings. The quantitative estimate of drug-likeness (QED) is 0.573. The van der Waals surface area contributed by atoms with Gasteiger partial charge in [-0.2, -0.15) is 0 Å². The molecule has 0 radical (unpaired) electrons. The number of Topliss-reactive ketones (excluding diaryl/α,β-unsaturated/α-hetero) is 2. The topological polar surface area (TPSA) is 34.1 Å². The normalized spacial score (nSPS) is 10.5. The molecule has 3 rings (SSSR count). The van der Waals surface area contributed by atoms with Crippen LogP contribution in [-0.2, 0) is 0 Å². The lowest BCUT2D eigenvalue weighted by atomic mass is 9.87. The van der Waals surface area contributed by atoms with Crippen LogP contribution < -0.4 is 0 Å². The highest BCUT2D eigenvalue weighted by Gasteiger charge is 2.18. The predicted octanol–water partition coefficient (Wildman–Crippen LogP) is 5.73. The fourth-order valence-electron chi connectivity index (χ4n) is 3.34. The Labute approximate surface area is 148 Å². The number of benzene rings is 3. The maximum Gasteiger partial charge on any atom is 0.160 e. The Morgan fingerprint density at radius 3 is 1.84 bits per heavy atom. The molecule has 0 saturated heterocycles. The van der Waals surface area contributed by atoms with Crippen molar-refractivity contribution >= 4 is 11.6 Å². The van der Waals surface area contributed by atoms with Crippen LogP contribution in [-0.4, -0.2) is 11.6 Å². The number of rotatable bonds is 4. The van der Waals surface area contributed by atoms with Gasteiger partial charge >= 0.3 is 0 Å². The van der Waals surface area contributed by atoms with E-state index in [1.165, 1.54) is 13.8 Å². The van der Waals surface area contributed by atoms with Crippen molar-refractivity contribution in [1.29, 1.82) is 0 Å². The first-order valence-electron chi connectivity index (χ1n) is 8.31. The molecule has 3 aromatic rings. The van der Waals surface area contributed by atoms with Crippen LogP contribution in [0.1, 0.15) is 40.1 Å². The number of hydrogen-bond donors (Lipinski definition) is 0. The highest BCUT2D eigenvalue weighted by atomic mass is 16.1. The van der Waals surface area contributed by atoms with Gasteiger partial charge in [-0.25, -0.2) is 0 Å². The molecule has 0 amide bonds. The van der Waals surface area contributed by atoms with Gasteiger partial charge in [0.2, 0.25) is 0 Å². The van der Waals surface area contributed by atoms with Crippen molar-refractivity contribution < 1.29 is 9.59 Å². The monoisotopic (exact) mass is 328 g/mol. The first kappa shape index (κ1) is 16.8. The molecule has 0 aliphatic carbocycles. The van der Waals surface area contributed by atoms with Gasteiger partial charge in [-0.3, -0.25) is 9.59 Å². The average molecular weight is 328 g/mol. The van der Waals surface area contributed by atoms with Crippen LogP contribution in [0.5, 0.6) is 0 Å². The highest BCUT2D eigenvalue weighted by molar-refractivity contribution is 6.09. The summed E-state index contributed by atoms with van der Waals surface area (Å²) in [4.78, 5) is 24.1. The molecule has 124 valence electrons.